The fourth-order valence-electron chi connectivity index (χ4n) is 1.68. The quantitative estimate of drug-likeness (QED) is 0.925. The molecule has 0 atom stereocenters. The third-order valence-corrected chi connectivity index (χ3v) is 3.73. The highest BCUT2D eigenvalue weighted by molar-refractivity contribution is 7.92. The summed E-state index contributed by atoms with van der Waals surface area (Å²) in [5.74, 6) is 0.0959. The number of sulfonamides is 1. The Balaban J connectivity index is 2.35. The van der Waals surface area contributed by atoms with E-state index >= 15 is 0 Å². The summed E-state index contributed by atoms with van der Waals surface area (Å²) >= 11 is 0. The Morgan fingerprint density at radius 2 is 1.89 bits per heavy atom. The van der Waals surface area contributed by atoms with E-state index in [9.17, 15) is 13.5 Å². The van der Waals surface area contributed by atoms with Gasteiger partial charge in [-0.1, -0.05) is 6.07 Å². The molecule has 0 aliphatic carbocycles. The fraction of sp³-hybridized carbons (Fsp3) is 0.154. The second-order valence-corrected chi connectivity index (χ2v) is 6.05. The molecule has 0 amide bonds. The van der Waals surface area contributed by atoms with Crippen molar-refractivity contribution in [3.05, 3.63) is 54.4 Å². The van der Waals surface area contributed by atoms with Gasteiger partial charge in [0.15, 0.2) is 0 Å². The molecule has 100 valence electrons. The molecule has 0 saturated carbocycles. The Hall–Kier alpha value is -2.08. The van der Waals surface area contributed by atoms with Crippen LogP contribution in [0.1, 0.15) is 5.56 Å². The molecule has 1 aromatic carbocycles. The second kappa shape index (κ2) is 5.27. The predicted octanol–water partition coefficient (Wildman–Crippen LogP) is 1.75. The summed E-state index contributed by atoms with van der Waals surface area (Å²) in [6.07, 6.45) is 4.41. The molecule has 0 bridgehead atoms. The molecule has 1 heterocycles. The van der Waals surface area contributed by atoms with Crippen molar-refractivity contribution in [3.8, 4) is 5.75 Å². The Morgan fingerprint density at radius 1 is 1.21 bits per heavy atom. The standard InChI is InChI=1S/C13H14N2O3S/c1-19(17,18)15(10-11-3-2-8-14-9-11)12-4-6-13(16)7-5-12/h2-9,16H,10H2,1H3. The van der Waals surface area contributed by atoms with Crippen molar-refractivity contribution in [2.45, 2.75) is 6.54 Å². The third-order valence-electron chi connectivity index (χ3n) is 2.59. The minimum Gasteiger partial charge on any atom is -0.508 e. The zero-order chi connectivity index (χ0) is 13.9. The summed E-state index contributed by atoms with van der Waals surface area (Å²) in [7, 11) is -3.41. The highest BCUT2D eigenvalue weighted by atomic mass is 32.2. The van der Waals surface area contributed by atoms with Crippen molar-refractivity contribution < 1.29 is 13.5 Å². The lowest BCUT2D eigenvalue weighted by Crippen LogP contribution is -2.29. The second-order valence-electron chi connectivity index (χ2n) is 4.15. The number of aromatic nitrogens is 1. The van der Waals surface area contributed by atoms with Crippen molar-refractivity contribution >= 4 is 15.7 Å². The van der Waals surface area contributed by atoms with E-state index < -0.39 is 10.0 Å². The van der Waals surface area contributed by atoms with Gasteiger partial charge in [-0.2, -0.15) is 0 Å². The number of rotatable bonds is 4. The van der Waals surface area contributed by atoms with Gasteiger partial charge in [-0.05, 0) is 35.9 Å². The van der Waals surface area contributed by atoms with Gasteiger partial charge in [-0.25, -0.2) is 8.42 Å². The van der Waals surface area contributed by atoms with Crippen LogP contribution >= 0.6 is 0 Å². The molecule has 2 rings (SSSR count). The van der Waals surface area contributed by atoms with Gasteiger partial charge < -0.3 is 5.11 Å². The lowest BCUT2D eigenvalue weighted by molar-refractivity contribution is 0.475. The van der Waals surface area contributed by atoms with E-state index in [-0.39, 0.29) is 12.3 Å². The van der Waals surface area contributed by atoms with E-state index in [0.29, 0.717) is 5.69 Å². The number of phenols is 1. The average Bonchev–Trinajstić information content (AvgIpc) is 2.37. The summed E-state index contributed by atoms with van der Waals surface area (Å²) in [6, 6.07) is 9.60. The van der Waals surface area contributed by atoms with Crippen molar-refractivity contribution in [1.29, 1.82) is 0 Å². The fourth-order valence-corrected chi connectivity index (χ4v) is 2.56. The van der Waals surface area contributed by atoms with E-state index in [0.717, 1.165) is 11.8 Å². The van der Waals surface area contributed by atoms with Crippen LogP contribution in [0.25, 0.3) is 0 Å². The highest BCUT2D eigenvalue weighted by Crippen LogP contribution is 2.22. The van der Waals surface area contributed by atoms with Crippen LogP contribution in [-0.2, 0) is 16.6 Å². The van der Waals surface area contributed by atoms with Crippen molar-refractivity contribution in [3.63, 3.8) is 0 Å². The van der Waals surface area contributed by atoms with Gasteiger partial charge in [-0.15, -0.1) is 0 Å². The first-order chi connectivity index (χ1) is 8.97. The minimum absolute atomic E-state index is 0.0959. The zero-order valence-corrected chi connectivity index (χ0v) is 11.2. The number of hydrogen-bond acceptors (Lipinski definition) is 4. The molecule has 1 aromatic heterocycles. The zero-order valence-electron chi connectivity index (χ0n) is 10.4. The lowest BCUT2D eigenvalue weighted by atomic mass is 10.2. The van der Waals surface area contributed by atoms with Crippen LogP contribution in [0.5, 0.6) is 5.75 Å². The van der Waals surface area contributed by atoms with Gasteiger partial charge in [0, 0.05) is 12.4 Å². The topological polar surface area (TPSA) is 70.5 Å². The van der Waals surface area contributed by atoms with Gasteiger partial charge in [0.1, 0.15) is 5.75 Å². The average molecular weight is 278 g/mol. The molecule has 0 unspecified atom stereocenters. The Labute approximate surface area is 112 Å². The van der Waals surface area contributed by atoms with E-state index in [1.807, 2.05) is 6.07 Å². The summed E-state index contributed by atoms with van der Waals surface area (Å²) in [6.45, 7) is 0.206. The first-order valence-corrected chi connectivity index (χ1v) is 7.47. The highest BCUT2D eigenvalue weighted by Gasteiger charge is 2.17. The minimum atomic E-state index is -3.41. The number of nitrogens with zero attached hydrogens (tertiary/aromatic N) is 2. The summed E-state index contributed by atoms with van der Waals surface area (Å²) in [4.78, 5) is 3.97. The number of benzene rings is 1. The van der Waals surface area contributed by atoms with Gasteiger partial charge in [0.2, 0.25) is 10.0 Å². The van der Waals surface area contributed by atoms with Crippen LogP contribution in [0.4, 0.5) is 5.69 Å². The SMILES string of the molecule is CS(=O)(=O)N(Cc1cccnc1)c1ccc(O)cc1. The van der Waals surface area contributed by atoms with Crippen molar-refractivity contribution in [1.82, 2.24) is 4.98 Å². The van der Waals surface area contributed by atoms with Crippen LogP contribution < -0.4 is 4.31 Å². The Morgan fingerprint density at radius 3 is 2.42 bits per heavy atom. The smallest absolute Gasteiger partial charge is 0.232 e. The molecule has 0 radical (unpaired) electrons. The molecule has 0 saturated heterocycles. The molecule has 0 aliphatic rings. The summed E-state index contributed by atoms with van der Waals surface area (Å²) in [5, 5.41) is 9.25. The van der Waals surface area contributed by atoms with Crippen LogP contribution in [0.3, 0.4) is 0 Å². The summed E-state index contributed by atoms with van der Waals surface area (Å²) in [5.41, 5.74) is 1.30. The van der Waals surface area contributed by atoms with Gasteiger partial charge >= 0.3 is 0 Å². The third kappa shape index (κ3) is 3.45. The molecule has 6 heteroatoms. The molecular formula is C13H14N2O3S. The van der Waals surface area contributed by atoms with Gasteiger partial charge in [0.05, 0.1) is 18.5 Å². The van der Waals surface area contributed by atoms with Crippen LogP contribution in [0.2, 0.25) is 0 Å². The number of hydrogen-bond donors (Lipinski definition) is 1. The van der Waals surface area contributed by atoms with Gasteiger partial charge in [0.25, 0.3) is 0 Å². The summed E-state index contributed by atoms with van der Waals surface area (Å²) < 4.78 is 25.0. The molecule has 5 nitrogen and oxygen atoms in total. The number of pyridine rings is 1. The first-order valence-electron chi connectivity index (χ1n) is 5.62. The molecular weight excluding hydrogens is 264 g/mol. The molecule has 0 spiro atoms. The Kier molecular flexibility index (Phi) is 3.71. The lowest BCUT2D eigenvalue weighted by Gasteiger charge is -2.22. The van der Waals surface area contributed by atoms with E-state index in [4.69, 9.17) is 0 Å². The molecule has 0 fully saturated rings. The van der Waals surface area contributed by atoms with E-state index in [2.05, 4.69) is 4.98 Å². The maximum atomic E-state index is 11.9. The molecule has 19 heavy (non-hydrogen) atoms. The van der Waals surface area contributed by atoms with Crippen molar-refractivity contribution in [2.75, 3.05) is 10.6 Å². The largest absolute Gasteiger partial charge is 0.508 e. The molecule has 0 aliphatic heterocycles. The Bertz CT molecular complexity index is 639. The molecule has 1 N–H and O–H groups in total. The van der Waals surface area contributed by atoms with Crippen LogP contribution in [-0.4, -0.2) is 24.8 Å². The first kappa shape index (κ1) is 13.4. The number of phenolic OH excluding ortho intramolecular Hbond substituents is 1. The molecule has 2 aromatic rings. The van der Waals surface area contributed by atoms with E-state index in [1.54, 1.807) is 30.6 Å². The number of aromatic hydroxyl groups is 1. The van der Waals surface area contributed by atoms with E-state index in [1.165, 1.54) is 16.4 Å². The van der Waals surface area contributed by atoms with Crippen LogP contribution in [0.15, 0.2) is 48.8 Å². The maximum absolute atomic E-state index is 11.9. The monoisotopic (exact) mass is 278 g/mol. The van der Waals surface area contributed by atoms with Crippen LogP contribution in [0, 0.1) is 0 Å². The number of anilines is 1. The van der Waals surface area contributed by atoms with Gasteiger partial charge in [-0.3, -0.25) is 9.29 Å². The predicted molar refractivity (Wildman–Crippen MR) is 73.4 cm³/mol. The maximum Gasteiger partial charge on any atom is 0.232 e. The van der Waals surface area contributed by atoms with Crippen molar-refractivity contribution in [2.24, 2.45) is 0 Å². The normalized spacial score (nSPS) is 11.2.